The van der Waals surface area contributed by atoms with Crippen LogP contribution < -0.4 is 5.32 Å². The minimum Gasteiger partial charge on any atom is -0.315 e. The Kier molecular flexibility index (Phi) is 3.99. The molecule has 1 atom stereocenters. The maximum absolute atomic E-state index is 12.5. The molecule has 2 aliphatic rings. The summed E-state index contributed by atoms with van der Waals surface area (Å²) in [6, 6.07) is 0. The smallest absolute Gasteiger partial charge is 0.241 e. The highest BCUT2D eigenvalue weighted by Crippen LogP contribution is 2.27. The summed E-state index contributed by atoms with van der Waals surface area (Å²) in [5.41, 5.74) is 0. The van der Waals surface area contributed by atoms with Gasteiger partial charge in [-0.05, 0) is 25.8 Å². The number of halogens is 2. The first-order chi connectivity index (χ1) is 8.01. The van der Waals surface area contributed by atoms with E-state index in [1.165, 1.54) is 4.31 Å². The normalized spacial score (nSPS) is 29.0. The Labute approximate surface area is 100 Å². The average Bonchev–Trinajstić information content (AvgIpc) is 2.83. The van der Waals surface area contributed by atoms with Crippen molar-refractivity contribution in [2.75, 3.05) is 26.2 Å². The summed E-state index contributed by atoms with van der Waals surface area (Å²) in [7, 11) is -3.28. The second-order valence-corrected chi connectivity index (χ2v) is 6.94. The third kappa shape index (κ3) is 2.77. The largest absolute Gasteiger partial charge is 0.315 e. The third-order valence-corrected chi connectivity index (χ3v) is 5.98. The van der Waals surface area contributed by atoms with Gasteiger partial charge in [0.1, 0.15) is 0 Å². The minimum absolute atomic E-state index is 0.244. The van der Waals surface area contributed by atoms with Crippen molar-refractivity contribution >= 4 is 10.0 Å². The molecule has 0 aromatic heterocycles. The van der Waals surface area contributed by atoms with Crippen LogP contribution in [-0.4, -0.2) is 50.6 Å². The number of rotatable bonds is 3. The van der Waals surface area contributed by atoms with Crippen LogP contribution in [0.25, 0.3) is 0 Å². The number of sulfonamides is 1. The van der Waals surface area contributed by atoms with Crippen LogP contribution in [0, 0.1) is 5.92 Å². The van der Waals surface area contributed by atoms with E-state index in [0.717, 1.165) is 6.54 Å². The van der Waals surface area contributed by atoms with Gasteiger partial charge in [-0.15, -0.1) is 0 Å². The molecule has 1 N–H and O–H groups in total. The summed E-state index contributed by atoms with van der Waals surface area (Å²) < 4.78 is 50.7. The molecule has 1 unspecified atom stereocenters. The number of alkyl halides is 2. The average molecular weight is 268 g/mol. The molecular formula is C10H18F2N2O2S. The molecular weight excluding hydrogens is 250 g/mol. The van der Waals surface area contributed by atoms with Crippen LogP contribution in [0.5, 0.6) is 0 Å². The van der Waals surface area contributed by atoms with Gasteiger partial charge < -0.3 is 5.32 Å². The summed E-state index contributed by atoms with van der Waals surface area (Å²) in [6.07, 6.45) is -1.15. The van der Waals surface area contributed by atoms with Gasteiger partial charge in [-0.3, -0.25) is 0 Å². The molecule has 0 bridgehead atoms. The summed E-state index contributed by atoms with van der Waals surface area (Å²) in [5.74, 6) is -0.636. The fraction of sp³-hybridized carbons (Fsp3) is 1.00. The van der Waals surface area contributed by atoms with Gasteiger partial charge in [0.15, 0.2) is 0 Å². The monoisotopic (exact) mass is 268 g/mol. The summed E-state index contributed by atoms with van der Waals surface area (Å²) in [4.78, 5) is 0. The highest BCUT2D eigenvalue weighted by molar-refractivity contribution is 7.89. The molecule has 2 heterocycles. The van der Waals surface area contributed by atoms with Gasteiger partial charge in [0, 0.05) is 25.6 Å². The molecule has 0 saturated carbocycles. The molecule has 2 rings (SSSR count). The van der Waals surface area contributed by atoms with E-state index in [-0.39, 0.29) is 31.2 Å². The Morgan fingerprint density at radius 3 is 2.29 bits per heavy atom. The molecule has 0 amide bonds. The van der Waals surface area contributed by atoms with Crippen molar-refractivity contribution in [3.63, 3.8) is 0 Å². The van der Waals surface area contributed by atoms with E-state index in [9.17, 15) is 17.2 Å². The number of hydrogen-bond donors (Lipinski definition) is 1. The van der Waals surface area contributed by atoms with Crippen LogP contribution >= 0.6 is 0 Å². The van der Waals surface area contributed by atoms with Crippen LogP contribution in [0.15, 0.2) is 0 Å². The van der Waals surface area contributed by atoms with Crippen LogP contribution in [0.2, 0.25) is 0 Å². The molecule has 4 nitrogen and oxygen atoms in total. The lowest BCUT2D eigenvalue weighted by molar-refractivity contribution is 0.0489. The van der Waals surface area contributed by atoms with E-state index in [0.29, 0.717) is 13.0 Å². The number of nitrogens with zero attached hydrogens (tertiary/aromatic N) is 1. The Morgan fingerprint density at radius 2 is 1.82 bits per heavy atom. The lowest BCUT2D eigenvalue weighted by Crippen LogP contribution is -2.45. The van der Waals surface area contributed by atoms with Gasteiger partial charge in [0.05, 0.1) is 5.25 Å². The fourth-order valence-electron chi connectivity index (χ4n) is 2.48. The van der Waals surface area contributed by atoms with E-state index >= 15 is 0 Å². The molecule has 2 saturated heterocycles. The van der Waals surface area contributed by atoms with Crippen molar-refractivity contribution in [2.45, 2.75) is 30.9 Å². The van der Waals surface area contributed by atoms with Crippen molar-refractivity contribution in [1.29, 1.82) is 0 Å². The summed E-state index contributed by atoms with van der Waals surface area (Å²) >= 11 is 0. The molecule has 7 heteroatoms. The Balaban J connectivity index is 1.95. The predicted octanol–water partition coefficient (Wildman–Crippen LogP) is 0.655. The van der Waals surface area contributed by atoms with Gasteiger partial charge in [-0.2, -0.15) is 0 Å². The van der Waals surface area contributed by atoms with E-state index < -0.39 is 22.4 Å². The SMILES string of the molecule is O=S(=O)(C1CCNC1)N1CCC(C(F)F)CC1. The van der Waals surface area contributed by atoms with E-state index in [2.05, 4.69) is 5.32 Å². The first kappa shape index (κ1) is 13.2. The molecule has 2 fully saturated rings. The molecule has 0 radical (unpaired) electrons. The quantitative estimate of drug-likeness (QED) is 0.818. The first-order valence-corrected chi connectivity index (χ1v) is 7.50. The summed E-state index contributed by atoms with van der Waals surface area (Å²) in [6.45, 7) is 1.69. The van der Waals surface area contributed by atoms with Gasteiger partial charge in [-0.1, -0.05) is 0 Å². The molecule has 0 spiro atoms. The Hall–Kier alpha value is -0.270. The van der Waals surface area contributed by atoms with Crippen LogP contribution in [0.4, 0.5) is 8.78 Å². The van der Waals surface area contributed by atoms with Crippen LogP contribution in [-0.2, 0) is 10.0 Å². The minimum atomic E-state index is -3.28. The zero-order valence-corrected chi connectivity index (χ0v) is 10.4. The van der Waals surface area contributed by atoms with Crippen LogP contribution in [0.3, 0.4) is 0 Å². The molecule has 0 aromatic rings. The second kappa shape index (κ2) is 5.16. The van der Waals surface area contributed by atoms with Crippen molar-refractivity contribution < 1.29 is 17.2 Å². The number of hydrogen-bond acceptors (Lipinski definition) is 3. The standard InChI is InChI=1S/C10H18F2N2O2S/c11-10(12)8-2-5-14(6-3-8)17(15,16)9-1-4-13-7-9/h8-10,13H,1-7H2. The van der Waals surface area contributed by atoms with Crippen molar-refractivity contribution in [1.82, 2.24) is 9.62 Å². The Bertz CT molecular complexity index is 347. The maximum Gasteiger partial charge on any atom is 0.241 e. The zero-order chi connectivity index (χ0) is 12.5. The predicted molar refractivity (Wildman–Crippen MR) is 60.5 cm³/mol. The zero-order valence-electron chi connectivity index (χ0n) is 9.61. The van der Waals surface area contributed by atoms with Gasteiger partial charge in [0.25, 0.3) is 0 Å². The molecule has 2 aliphatic heterocycles. The van der Waals surface area contributed by atoms with E-state index in [1.54, 1.807) is 0 Å². The topological polar surface area (TPSA) is 49.4 Å². The fourth-order valence-corrected chi connectivity index (χ4v) is 4.36. The highest BCUT2D eigenvalue weighted by Gasteiger charge is 2.37. The molecule has 0 aromatic carbocycles. The van der Waals surface area contributed by atoms with Crippen molar-refractivity contribution in [3.8, 4) is 0 Å². The Morgan fingerprint density at radius 1 is 1.18 bits per heavy atom. The number of piperidine rings is 1. The molecule has 100 valence electrons. The van der Waals surface area contributed by atoms with E-state index in [1.807, 2.05) is 0 Å². The molecule has 17 heavy (non-hydrogen) atoms. The van der Waals surface area contributed by atoms with Crippen molar-refractivity contribution in [3.05, 3.63) is 0 Å². The number of nitrogens with one attached hydrogen (secondary N) is 1. The van der Waals surface area contributed by atoms with Gasteiger partial charge >= 0.3 is 0 Å². The second-order valence-electron chi connectivity index (χ2n) is 4.73. The third-order valence-electron chi connectivity index (χ3n) is 3.65. The lowest BCUT2D eigenvalue weighted by atomic mass is 9.99. The van der Waals surface area contributed by atoms with Gasteiger partial charge in [-0.25, -0.2) is 21.5 Å². The summed E-state index contributed by atoms with van der Waals surface area (Å²) in [5, 5.41) is 2.65. The highest BCUT2D eigenvalue weighted by atomic mass is 32.2. The van der Waals surface area contributed by atoms with Gasteiger partial charge in [0.2, 0.25) is 16.4 Å². The lowest BCUT2D eigenvalue weighted by Gasteiger charge is -2.32. The van der Waals surface area contributed by atoms with Crippen LogP contribution in [0.1, 0.15) is 19.3 Å². The van der Waals surface area contributed by atoms with E-state index in [4.69, 9.17) is 0 Å². The molecule has 0 aliphatic carbocycles. The first-order valence-electron chi connectivity index (χ1n) is 5.99. The maximum atomic E-state index is 12.5. The van der Waals surface area contributed by atoms with Crippen molar-refractivity contribution in [2.24, 2.45) is 5.92 Å².